The van der Waals surface area contributed by atoms with E-state index in [1.807, 2.05) is 0 Å². The lowest BCUT2D eigenvalue weighted by Gasteiger charge is -2.17. The van der Waals surface area contributed by atoms with Crippen molar-refractivity contribution in [3.8, 4) is 0 Å². The summed E-state index contributed by atoms with van der Waals surface area (Å²) < 4.78 is 38.0. The third kappa shape index (κ3) is 4.30. The molecule has 0 saturated heterocycles. The number of aliphatic hydroxyl groups is 1. The normalized spacial score (nSPS) is 12.6. The fraction of sp³-hybridized carbons (Fsp3) is 0.273. The lowest BCUT2D eigenvalue weighted by Crippen LogP contribution is -2.26. The van der Waals surface area contributed by atoms with Gasteiger partial charge in [-0.3, -0.25) is 5.01 Å². The van der Waals surface area contributed by atoms with Crippen molar-refractivity contribution in [2.45, 2.75) is 12.6 Å². The summed E-state index contributed by atoms with van der Waals surface area (Å²) in [7, 11) is 0. The van der Waals surface area contributed by atoms with Crippen LogP contribution < -0.4 is 16.6 Å². The van der Waals surface area contributed by atoms with Gasteiger partial charge in [-0.15, -0.1) is 0 Å². The summed E-state index contributed by atoms with van der Waals surface area (Å²) in [5, 5.41) is 9.20. The van der Waals surface area contributed by atoms with Gasteiger partial charge in [0.1, 0.15) is 0 Å². The first-order valence-corrected chi connectivity index (χ1v) is 5.61. The van der Waals surface area contributed by atoms with Crippen LogP contribution in [0.2, 0.25) is 5.02 Å². The summed E-state index contributed by atoms with van der Waals surface area (Å²) in [5.41, 5.74) is 4.86. The molecule has 4 nitrogen and oxygen atoms in total. The monoisotopic (exact) mass is 295 g/mol. The van der Waals surface area contributed by atoms with Crippen LogP contribution in [0.1, 0.15) is 12.0 Å². The molecule has 1 aromatic carbocycles. The van der Waals surface area contributed by atoms with E-state index in [-0.39, 0.29) is 24.4 Å². The second-order valence-electron chi connectivity index (χ2n) is 3.75. The van der Waals surface area contributed by atoms with Gasteiger partial charge in [0.05, 0.1) is 16.3 Å². The molecule has 0 bridgehead atoms. The van der Waals surface area contributed by atoms with Crippen LogP contribution in [0.25, 0.3) is 0 Å². The first kappa shape index (κ1) is 15.6. The number of rotatable bonds is 4. The third-order valence-electron chi connectivity index (χ3n) is 2.26. The Bertz CT molecular complexity index is 477. The van der Waals surface area contributed by atoms with Gasteiger partial charge < -0.3 is 10.8 Å². The first-order chi connectivity index (χ1) is 8.75. The van der Waals surface area contributed by atoms with Crippen molar-refractivity contribution in [3.05, 3.63) is 40.7 Å². The highest BCUT2D eigenvalue weighted by molar-refractivity contribution is 6.31. The molecule has 0 aliphatic rings. The molecule has 0 unspecified atom stereocenters. The zero-order valence-corrected chi connectivity index (χ0v) is 10.5. The summed E-state index contributed by atoms with van der Waals surface area (Å²) >= 11 is 5.49. The number of benzene rings is 1. The van der Waals surface area contributed by atoms with Gasteiger partial charge in [0.15, 0.2) is 0 Å². The Hall–Kier alpha value is -1.44. The topological polar surface area (TPSA) is 75.5 Å². The second-order valence-corrected chi connectivity index (χ2v) is 4.15. The van der Waals surface area contributed by atoms with E-state index in [9.17, 15) is 13.2 Å². The van der Waals surface area contributed by atoms with Crippen LogP contribution in [-0.2, 0) is 6.18 Å². The maximum Gasteiger partial charge on any atom is 0.417 e. The van der Waals surface area contributed by atoms with E-state index >= 15 is 0 Å². The molecule has 0 aliphatic heterocycles. The maximum atomic E-state index is 12.7. The minimum atomic E-state index is -4.56. The first-order valence-electron chi connectivity index (χ1n) is 5.23. The predicted molar refractivity (Wildman–Crippen MR) is 67.1 cm³/mol. The fourth-order valence-electron chi connectivity index (χ4n) is 1.34. The second kappa shape index (κ2) is 6.14. The molecule has 0 radical (unpaired) electrons. The lowest BCUT2D eigenvalue weighted by molar-refractivity contribution is -0.137. The van der Waals surface area contributed by atoms with Crippen molar-refractivity contribution in [2.24, 2.45) is 11.6 Å². The van der Waals surface area contributed by atoms with Crippen molar-refractivity contribution >= 4 is 17.3 Å². The molecule has 0 aliphatic carbocycles. The van der Waals surface area contributed by atoms with Gasteiger partial charge in [0, 0.05) is 24.9 Å². The summed E-state index contributed by atoms with van der Waals surface area (Å²) in [4.78, 5) is 0. The third-order valence-corrected chi connectivity index (χ3v) is 2.59. The van der Waals surface area contributed by atoms with E-state index in [1.165, 1.54) is 12.3 Å². The molecule has 5 N–H and O–H groups in total. The molecule has 1 aromatic rings. The number of alkyl halides is 3. The van der Waals surface area contributed by atoms with Crippen molar-refractivity contribution in [2.75, 3.05) is 11.6 Å². The van der Waals surface area contributed by atoms with Gasteiger partial charge in [0.2, 0.25) is 0 Å². The zero-order chi connectivity index (χ0) is 14.6. The number of halogens is 4. The number of nitrogens with two attached hydrogens (primary N) is 2. The Morgan fingerprint density at radius 1 is 1.42 bits per heavy atom. The van der Waals surface area contributed by atoms with E-state index in [2.05, 4.69) is 0 Å². The number of nitrogens with zero attached hydrogens (tertiary/aromatic N) is 1. The highest BCUT2D eigenvalue weighted by atomic mass is 35.5. The van der Waals surface area contributed by atoms with Crippen molar-refractivity contribution in [1.82, 2.24) is 0 Å². The quantitative estimate of drug-likeness (QED) is 0.588. The summed E-state index contributed by atoms with van der Waals surface area (Å²) in [6, 6.07) is 3.26. The Labute approximate surface area is 113 Å². The molecular weight excluding hydrogens is 283 g/mol. The standard InChI is InChI=1S/C11H13ClF3N3O/c12-10-2-1-8(5-9(10)11(13,14)15)18(17)6-7(16)3-4-19/h1-2,5-6,19H,3-4,16-17H2/b7-6-. The highest BCUT2D eigenvalue weighted by Gasteiger charge is 2.33. The molecule has 0 saturated carbocycles. The van der Waals surface area contributed by atoms with Crippen LogP contribution in [-0.4, -0.2) is 11.7 Å². The molecule has 0 atom stereocenters. The lowest BCUT2D eigenvalue weighted by atomic mass is 10.2. The summed E-state index contributed by atoms with van der Waals surface area (Å²) in [6.45, 7) is -0.176. The number of anilines is 1. The van der Waals surface area contributed by atoms with Gasteiger partial charge in [-0.25, -0.2) is 5.84 Å². The SMILES string of the molecule is N/C(=C\N(N)c1ccc(Cl)c(C(F)(F)F)c1)CCO. The molecule has 0 heterocycles. The number of hydrogen-bond acceptors (Lipinski definition) is 4. The molecule has 8 heteroatoms. The maximum absolute atomic E-state index is 12.7. The fourth-order valence-corrected chi connectivity index (χ4v) is 1.56. The Morgan fingerprint density at radius 3 is 2.58 bits per heavy atom. The molecule has 0 aromatic heterocycles. The molecule has 0 spiro atoms. The molecule has 0 amide bonds. The predicted octanol–water partition coefficient (Wildman–Crippen LogP) is 2.22. The highest BCUT2D eigenvalue weighted by Crippen LogP contribution is 2.36. The average Bonchev–Trinajstić information content (AvgIpc) is 2.27. The van der Waals surface area contributed by atoms with Gasteiger partial charge in [-0.05, 0) is 18.2 Å². The van der Waals surface area contributed by atoms with Gasteiger partial charge in [-0.2, -0.15) is 13.2 Å². The van der Waals surface area contributed by atoms with E-state index in [4.69, 9.17) is 28.3 Å². The number of hydrogen-bond donors (Lipinski definition) is 3. The van der Waals surface area contributed by atoms with Crippen LogP contribution in [0.15, 0.2) is 30.1 Å². The Balaban J connectivity index is 3.06. The van der Waals surface area contributed by atoms with Crippen LogP contribution in [0, 0.1) is 0 Å². The molecular formula is C11H13ClF3N3O. The van der Waals surface area contributed by atoms with E-state index < -0.39 is 16.8 Å². The van der Waals surface area contributed by atoms with Gasteiger partial charge in [0.25, 0.3) is 0 Å². The van der Waals surface area contributed by atoms with E-state index in [1.54, 1.807) is 0 Å². The van der Waals surface area contributed by atoms with Crippen molar-refractivity contribution < 1.29 is 18.3 Å². The summed E-state index contributed by atoms with van der Waals surface area (Å²) in [6.07, 6.45) is -3.15. The largest absolute Gasteiger partial charge is 0.417 e. The molecule has 0 fully saturated rings. The Morgan fingerprint density at radius 2 is 2.05 bits per heavy atom. The van der Waals surface area contributed by atoms with Crippen molar-refractivity contribution in [1.29, 1.82) is 0 Å². The van der Waals surface area contributed by atoms with Crippen LogP contribution in [0.5, 0.6) is 0 Å². The minimum Gasteiger partial charge on any atom is -0.401 e. The van der Waals surface area contributed by atoms with Crippen LogP contribution in [0.4, 0.5) is 18.9 Å². The number of hydrazine groups is 1. The number of aliphatic hydroxyl groups excluding tert-OH is 1. The molecule has 106 valence electrons. The smallest absolute Gasteiger partial charge is 0.401 e. The van der Waals surface area contributed by atoms with E-state index in [0.29, 0.717) is 0 Å². The average molecular weight is 296 g/mol. The van der Waals surface area contributed by atoms with Crippen LogP contribution in [0.3, 0.4) is 0 Å². The van der Waals surface area contributed by atoms with E-state index in [0.717, 1.165) is 17.1 Å². The Kier molecular flexibility index (Phi) is 5.04. The van der Waals surface area contributed by atoms with Crippen LogP contribution >= 0.6 is 11.6 Å². The van der Waals surface area contributed by atoms with Gasteiger partial charge >= 0.3 is 6.18 Å². The zero-order valence-electron chi connectivity index (χ0n) is 9.78. The van der Waals surface area contributed by atoms with Gasteiger partial charge in [-0.1, -0.05) is 11.6 Å². The summed E-state index contributed by atoms with van der Waals surface area (Å²) in [5.74, 6) is 5.57. The minimum absolute atomic E-state index is 0.0811. The molecule has 19 heavy (non-hydrogen) atoms. The van der Waals surface area contributed by atoms with Crippen molar-refractivity contribution in [3.63, 3.8) is 0 Å². The molecule has 1 rings (SSSR count).